The van der Waals surface area contributed by atoms with Crippen molar-refractivity contribution in [2.24, 2.45) is 0 Å². The summed E-state index contributed by atoms with van der Waals surface area (Å²) in [6.45, 7) is 0. The molecule has 0 atom stereocenters. The highest BCUT2D eigenvalue weighted by molar-refractivity contribution is 5.99. The smallest absolute Gasteiger partial charge is 0.323 e. The quantitative estimate of drug-likeness (QED) is 0.771. The van der Waals surface area contributed by atoms with Gasteiger partial charge in [-0.25, -0.2) is 9.48 Å². The Morgan fingerprint density at radius 2 is 1.87 bits per heavy atom. The van der Waals surface area contributed by atoms with Crippen molar-refractivity contribution in [2.75, 3.05) is 17.7 Å². The first-order chi connectivity index (χ1) is 11.2. The van der Waals surface area contributed by atoms with E-state index in [-0.39, 0.29) is 6.03 Å². The van der Waals surface area contributed by atoms with E-state index in [1.807, 2.05) is 6.07 Å². The Hall–Kier alpha value is -3.42. The summed E-state index contributed by atoms with van der Waals surface area (Å²) in [5, 5.41) is 16.5. The monoisotopic (exact) mass is 310 g/mol. The number of rotatable bonds is 4. The molecule has 1 heterocycles. The summed E-state index contributed by atoms with van der Waals surface area (Å²) < 4.78 is 6.58. The zero-order valence-electron chi connectivity index (χ0n) is 12.3. The zero-order valence-corrected chi connectivity index (χ0v) is 12.3. The summed E-state index contributed by atoms with van der Waals surface area (Å²) in [6, 6.07) is 13.9. The summed E-state index contributed by atoms with van der Waals surface area (Å²) >= 11 is 0. The fraction of sp³-hybridized carbons (Fsp3) is 0.0667. The van der Waals surface area contributed by atoms with Crippen LogP contribution in [0, 0.1) is 0 Å². The van der Waals surface area contributed by atoms with Gasteiger partial charge in [-0.2, -0.15) is 0 Å². The van der Waals surface area contributed by atoms with E-state index in [4.69, 9.17) is 4.74 Å². The van der Waals surface area contributed by atoms with E-state index in [1.54, 1.807) is 49.6 Å². The third kappa shape index (κ3) is 3.62. The molecular weight excluding hydrogens is 296 g/mol. The van der Waals surface area contributed by atoms with Gasteiger partial charge in [0.05, 0.1) is 12.8 Å². The van der Waals surface area contributed by atoms with Gasteiger partial charge in [0.2, 0.25) is 0 Å². The van der Waals surface area contributed by atoms with Gasteiger partial charge in [-0.05, 0) is 52.9 Å². The van der Waals surface area contributed by atoms with Crippen molar-refractivity contribution >= 4 is 17.4 Å². The fourth-order valence-electron chi connectivity index (χ4n) is 1.97. The number of methoxy groups -OCH3 is 1. The molecule has 3 aromatic rings. The van der Waals surface area contributed by atoms with Gasteiger partial charge in [0.25, 0.3) is 0 Å². The molecule has 0 fully saturated rings. The highest BCUT2D eigenvalue weighted by Gasteiger charge is 2.05. The highest BCUT2D eigenvalue weighted by atomic mass is 16.5. The van der Waals surface area contributed by atoms with Gasteiger partial charge in [0, 0.05) is 11.4 Å². The van der Waals surface area contributed by atoms with E-state index in [0.29, 0.717) is 11.4 Å². The van der Waals surface area contributed by atoms with Gasteiger partial charge in [-0.3, -0.25) is 0 Å². The van der Waals surface area contributed by atoms with Crippen molar-refractivity contribution in [1.82, 2.24) is 20.2 Å². The SMILES string of the molecule is COc1ccc(NC(=O)Nc2cccc(-n3cnnn3)c2)cc1. The van der Waals surface area contributed by atoms with E-state index in [2.05, 4.69) is 26.2 Å². The summed E-state index contributed by atoms with van der Waals surface area (Å²) in [6.07, 6.45) is 1.48. The predicted molar refractivity (Wildman–Crippen MR) is 84.8 cm³/mol. The molecule has 0 saturated heterocycles. The molecule has 0 bridgehead atoms. The number of benzene rings is 2. The molecule has 8 nitrogen and oxygen atoms in total. The minimum atomic E-state index is -0.343. The van der Waals surface area contributed by atoms with E-state index >= 15 is 0 Å². The molecule has 0 unspecified atom stereocenters. The number of amides is 2. The van der Waals surface area contributed by atoms with Crippen molar-refractivity contribution in [3.8, 4) is 11.4 Å². The van der Waals surface area contributed by atoms with Crippen LogP contribution in [0.2, 0.25) is 0 Å². The lowest BCUT2D eigenvalue weighted by atomic mass is 10.3. The first kappa shape index (κ1) is 14.5. The summed E-state index contributed by atoms with van der Waals surface area (Å²) in [5.74, 6) is 0.727. The normalized spacial score (nSPS) is 10.1. The number of nitrogens with one attached hydrogen (secondary N) is 2. The number of ether oxygens (including phenoxy) is 1. The number of anilines is 2. The van der Waals surface area contributed by atoms with Crippen molar-refractivity contribution in [2.45, 2.75) is 0 Å². The van der Waals surface area contributed by atoms with Gasteiger partial charge >= 0.3 is 6.03 Å². The topological polar surface area (TPSA) is 94.0 Å². The number of nitrogens with zero attached hydrogens (tertiary/aromatic N) is 4. The molecular formula is C15H14N6O2. The summed E-state index contributed by atoms with van der Waals surface area (Å²) in [4.78, 5) is 12.0. The molecule has 2 amide bonds. The first-order valence-corrected chi connectivity index (χ1v) is 6.80. The van der Waals surface area contributed by atoms with E-state index < -0.39 is 0 Å². The van der Waals surface area contributed by atoms with Crippen LogP contribution in [0.5, 0.6) is 5.75 Å². The second-order valence-corrected chi connectivity index (χ2v) is 4.61. The number of aromatic nitrogens is 4. The van der Waals surface area contributed by atoms with Crippen LogP contribution in [0.1, 0.15) is 0 Å². The molecule has 23 heavy (non-hydrogen) atoms. The lowest BCUT2D eigenvalue weighted by Crippen LogP contribution is -2.19. The Bertz CT molecular complexity index is 786. The standard InChI is InChI=1S/C15H14N6O2/c1-23-14-7-5-11(6-8-14)17-15(22)18-12-3-2-4-13(9-12)21-10-16-19-20-21/h2-10H,1H3,(H2,17,18,22). The Morgan fingerprint density at radius 1 is 1.09 bits per heavy atom. The Labute approximate surface area is 132 Å². The van der Waals surface area contributed by atoms with Gasteiger partial charge in [-0.1, -0.05) is 6.07 Å². The first-order valence-electron chi connectivity index (χ1n) is 6.80. The van der Waals surface area contributed by atoms with Crippen molar-refractivity contribution in [1.29, 1.82) is 0 Å². The molecule has 116 valence electrons. The average molecular weight is 310 g/mol. The summed E-state index contributed by atoms with van der Waals surface area (Å²) in [7, 11) is 1.59. The predicted octanol–water partition coefficient (Wildman–Crippen LogP) is 2.31. The van der Waals surface area contributed by atoms with Crippen LogP contribution in [-0.2, 0) is 0 Å². The van der Waals surface area contributed by atoms with Crippen LogP contribution in [0.15, 0.2) is 54.9 Å². The second kappa shape index (κ2) is 6.56. The van der Waals surface area contributed by atoms with Crippen LogP contribution < -0.4 is 15.4 Å². The number of tetrazole rings is 1. The minimum absolute atomic E-state index is 0.343. The van der Waals surface area contributed by atoms with Crippen LogP contribution in [-0.4, -0.2) is 33.3 Å². The number of hydrogen-bond donors (Lipinski definition) is 2. The van der Waals surface area contributed by atoms with E-state index in [1.165, 1.54) is 11.0 Å². The average Bonchev–Trinajstić information content (AvgIpc) is 3.10. The molecule has 0 radical (unpaired) electrons. The fourth-order valence-corrected chi connectivity index (χ4v) is 1.97. The van der Waals surface area contributed by atoms with E-state index in [0.717, 1.165) is 11.4 Å². The lowest BCUT2D eigenvalue weighted by molar-refractivity contribution is 0.262. The molecule has 8 heteroatoms. The number of hydrogen-bond acceptors (Lipinski definition) is 5. The minimum Gasteiger partial charge on any atom is -0.497 e. The Morgan fingerprint density at radius 3 is 2.57 bits per heavy atom. The maximum absolute atomic E-state index is 12.0. The largest absolute Gasteiger partial charge is 0.497 e. The van der Waals surface area contributed by atoms with Crippen LogP contribution in [0.4, 0.5) is 16.2 Å². The van der Waals surface area contributed by atoms with E-state index in [9.17, 15) is 4.79 Å². The molecule has 1 aromatic heterocycles. The summed E-state index contributed by atoms with van der Waals surface area (Å²) in [5.41, 5.74) is 2.04. The zero-order chi connectivity index (χ0) is 16.1. The van der Waals surface area contributed by atoms with Gasteiger partial charge in [0.1, 0.15) is 12.1 Å². The van der Waals surface area contributed by atoms with Crippen molar-refractivity contribution in [3.05, 3.63) is 54.9 Å². The number of urea groups is 1. The Balaban J connectivity index is 1.66. The molecule has 0 aliphatic heterocycles. The third-order valence-electron chi connectivity index (χ3n) is 3.07. The molecule has 0 spiro atoms. The van der Waals surface area contributed by atoms with Crippen LogP contribution >= 0.6 is 0 Å². The molecule has 0 aliphatic rings. The van der Waals surface area contributed by atoms with Gasteiger partial charge in [0.15, 0.2) is 0 Å². The molecule has 2 N–H and O–H groups in total. The Kier molecular flexibility index (Phi) is 4.14. The highest BCUT2D eigenvalue weighted by Crippen LogP contribution is 2.16. The molecule has 2 aromatic carbocycles. The molecule has 0 aliphatic carbocycles. The maximum atomic E-state index is 12.0. The van der Waals surface area contributed by atoms with Gasteiger partial charge in [-0.15, -0.1) is 5.10 Å². The second-order valence-electron chi connectivity index (χ2n) is 4.61. The number of carbonyl (C=O) groups is 1. The van der Waals surface area contributed by atoms with Crippen LogP contribution in [0.3, 0.4) is 0 Å². The number of carbonyl (C=O) groups excluding carboxylic acids is 1. The third-order valence-corrected chi connectivity index (χ3v) is 3.07. The molecule has 0 saturated carbocycles. The molecule has 3 rings (SSSR count). The van der Waals surface area contributed by atoms with Crippen molar-refractivity contribution < 1.29 is 9.53 Å². The maximum Gasteiger partial charge on any atom is 0.323 e. The van der Waals surface area contributed by atoms with Crippen molar-refractivity contribution in [3.63, 3.8) is 0 Å². The van der Waals surface area contributed by atoms with Gasteiger partial charge < -0.3 is 15.4 Å². The lowest BCUT2D eigenvalue weighted by Gasteiger charge is -2.09. The van der Waals surface area contributed by atoms with Crippen LogP contribution in [0.25, 0.3) is 5.69 Å².